The van der Waals surface area contributed by atoms with Crippen molar-refractivity contribution in [2.24, 2.45) is 5.84 Å². The number of benzene rings is 1. The maximum Gasteiger partial charge on any atom is 0.229 e. The molecule has 0 unspecified atom stereocenters. The Hall–Kier alpha value is -2.14. The van der Waals surface area contributed by atoms with E-state index >= 15 is 0 Å². The molecule has 0 aliphatic heterocycles. The van der Waals surface area contributed by atoms with E-state index in [4.69, 9.17) is 5.84 Å². The highest BCUT2D eigenvalue weighted by Gasteiger charge is 2.00. The van der Waals surface area contributed by atoms with Crippen LogP contribution in [-0.4, -0.2) is 9.97 Å². The predicted octanol–water partition coefficient (Wildman–Crippen LogP) is 1.81. The van der Waals surface area contributed by atoms with Gasteiger partial charge in [-0.25, -0.2) is 10.8 Å². The van der Waals surface area contributed by atoms with Crippen molar-refractivity contribution in [1.29, 1.82) is 0 Å². The van der Waals surface area contributed by atoms with Crippen LogP contribution in [0.25, 0.3) is 0 Å². The largest absolute Gasteiger partial charge is 0.324 e. The topological polar surface area (TPSA) is 75.9 Å². The quantitative estimate of drug-likeness (QED) is 0.537. The molecule has 1 aromatic heterocycles. The first kappa shape index (κ1) is 10.4. The Morgan fingerprint density at radius 3 is 2.56 bits per heavy atom. The van der Waals surface area contributed by atoms with Gasteiger partial charge in [0.05, 0.1) is 0 Å². The summed E-state index contributed by atoms with van der Waals surface area (Å²) in [6.07, 6.45) is 0. The molecule has 2 rings (SSSR count). The van der Waals surface area contributed by atoms with E-state index in [1.54, 1.807) is 6.07 Å². The number of aryl methyl sites for hydroxylation is 1. The van der Waals surface area contributed by atoms with Gasteiger partial charge >= 0.3 is 0 Å². The van der Waals surface area contributed by atoms with Crippen molar-refractivity contribution in [2.45, 2.75) is 6.92 Å². The third kappa shape index (κ3) is 2.46. The van der Waals surface area contributed by atoms with E-state index in [-0.39, 0.29) is 0 Å². The minimum Gasteiger partial charge on any atom is -0.324 e. The molecule has 0 spiro atoms. The van der Waals surface area contributed by atoms with Crippen LogP contribution in [0.5, 0.6) is 0 Å². The molecule has 0 atom stereocenters. The Balaban J connectivity index is 2.24. The molecule has 0 aliphatic carbocycles. The molecular formula is C11H13N5. The maximum absolute atomic E-state index is 5.31. The van der Waals surface area contributed by atoms with Crippen molar-refractivity contribution in [3.05, 3.63) is 42.1 Å². The molecule has 16 heavy (non-hydrogen) atoms. The second-order valence-electron chi connectivity index (χ2n) is 3.35. The summed E-state index contributed by atoms with van der Waals surface area (Å²) in [6, 6.07) is 11.5. The van der Waals surface area contributed by atoms with E-state index in [2.05, 4.69) is 20.7 Å². The fourth-order valence-electron chi connectivity index (χ4n) is 1.35. The third-order valence-corrected chi connectivity index (χ3v) is 2.03. The molecule has 0 radical (unpaired) electrons. The number of hydrogen-bond donors (Lipinski definition) is 3. The maximum atomic E-state index is 5.31. The summed E-state index contributed by atoms with van der Waals surface area (Å²) in [6.45, 7) is 1.89. The zero-order chi connectivity index (χ0) is 11.4. The Labute approximate surface area is 93.7 Å². The summed E-state index contributed by atoms with van der Waals surface area (Å²) in [7, 11) is 0. The van der Waals surface area contributed by atoms with Gasteiger partial charge in [0, 0.05) is 17.4 Å². The molecule has 4 N–H and O–H groups in total. The zero-order valence-corrected chi connectivity index (χ0v) is 8.94. The average molecular weight is 215 g/mol. The first-order chi connectivity index (χ1) is 7.78. The first-order valence-electron chi connectivity index (χ1n) is 4.92. The fourth-order valence-corrected chi connectivity index (χ4v) is 1.35. The van der Waals surface area contributed by atoms with E-state index in [1.807, 2.05) is 37.3 Å². The minimum atomic E-state index is 0.527. The normalized spacial score (nSPS) is 9.88. The highest BCUT2D eigenvalue weighted by Crippen LogP contribution is 2.14. The van der Waals surface area contributed by atoms with Crippen LogP contribution in [-0.2, 0) is 0 Å². The lowest BCUT2D eigenvalue weighted by Crippen LogP contribution is -2.10. The van der Waals surface area contributed by atoms with Crippen LogP contribution >= 0.6 is 0 Å². The van der Waals surface area contributed by atoms with Gasteiger partial charge in [0.2, 0.25) is 5.95 Å². The molecule has 0 saturated carbocycles. The number of anilines is 3. The highest BCUT2D eigenvalue weighted by atomic mass is 15.3. The summed E-state index contributed by atoms with van der Waals surface area (Å²) in [5.74, 6) is 6.43. The standard InChI is InChI=1S/C11H13N5/c1-8-7-10(16-12)15-11(13-8)14-9-5-3-2-4-6-9/h2-7H,12H2,1H3,(H2,13,14,15,16). The van der Waals surface area contributed by atoms with Crippen LogP contribution in [0, 0.1) is 6.92 Å². The molecule has 0 saturated heterocycles. The molecule has 0 bridgehead atoms. The van der Waals surface area contributed by atoms with Crippen molar-refractivity contribution in [2.75, 3.05) is 10.7 Å². The van der Waals surface area contributed by atoms with Gasteiger partial charge in [-0.1, -0.05) is 18.2 Å². The second kappa shape index (κ2) is 4.59. The summed E-state index contributed by atoms with van der Waals surface area (Å²) in [4.78, 5) is 8.45. The molecule has 2 aromatic rings. The van der Waals surface area contributed by atoms with Crippen molar-refractivity contribution in [3.8, 4) is 0 Å². The Morgan fingerprint density at radius 1 is 1.12 bits per heavy atom. The lowest BCUT2D eigenvalue weighted by Gasteiger charge is -2.07. The van der Waals surface area contributed by atoms with Gasteiger partial charge < -0.3 is 10.7 Å². The summed E-state index contributed by atoms with van der Waals surface area (Å²) in [5.41, 5.74) is 4.29. The number of nitrogens with two attached hydrogens (primary N) is 1. The number of nitrogen functional groups attached to an aromatic ring is 1. The van der Waals surface area contributed by atoms with Crippen LogP contribution in [0.1, 0.15) is 5.69 Å². The predicted molar refractivity (Wildman–Crippen MR) is 64.3 cm³/mol. The Morgan fingerprint density at radius 2 is 1.88 bits per heavy atom. The van der Waals surface area contributed by atoms with Gasteiger partial charge in [0.1, 0.15) is 5.82 Å². The highest BCUT2D eigenvalue weighted by molar-refractivity contribution is 5.54. The van der Waals surface area contributed by atoms with Crippen LogP contribution in [0.2, 0.25) is 0 Å². The molecular weight excluding hydrogens is 202 g/mol. The van der Waals surface area contributed by atoms with Crippen molar-refractivity contribution in [1.82, 2.24) is 9.97 Å². The SMILES string of the molecule is Cc1cc(NN)nc(Nc2ccccc2)n1. The molecule has 5 nitrogen and oxygen atoms in total. The Kier molecular flexibility index (Phi) is 2.98. The summed E-state index contributed by atoms with van der Waals surface area (Å²) in [5, 5.41) is 3.10. The molecule has 1 aromatic carbocycles. The van der Waals surface area contributed by atoms with E-state index < -0.39 is 0 Å². The number of hydrazine groups is 1. The molecule has 5 heteroatoms. The minimum absolute atomic E-state index is 0.527. The molecule has 0 fully saturated rings. The number of nitrogens with one attached hydrogen (secondary N) is 2. The lowest BCUT2D eigenvalue weighted by molar-refractivity contribution is 1.09. The molecule has 0 amide bonds. The van der Waals surface area contributed by atoms with E-state index in [0.717, 1.165) is 11.4 Å². The van der Waals surface area contributed by atoms with Crippen molar-refractivity contribution < 1.29 is 0 Å². The van der Waals surface area contributed by atoms with Crippen molar-refractivity contribution >= 4 is 17.5 Å². The van der Waals surface area contributed by atoms with Crippen LogP contribution in [0.4, 0.5) is 17.5 Å². The number of para-hydroxylation sites is 1. The Bertz CT molecular complexity index is 469. The van der Waals surface area contributed by atoms with Gasteiger partial charge in [-0.2, -0.15) is 4.98 Å². The number of nitrogens with zero attached hydrogens (tertiary/aromatic N) is 2. The average Bonchev–Trinajstić information content (AvgIpc) is 2.29. The number of rotatable bonds is 3. The van der Waals surface area contributed by atoms with Crippen LogP contribution < -0.4 is 16.6 Å². The van der Waals surface area contributed by atoms with Gasteiger partial charge in [0.25, 0.3) is 0 Å². The van der Waals surface area contributed by atoms with Gasteiger partial charge in [-0.05, 0) is 19.1 Å². The zero-order valence-electron chi connectivity index (χ0n) is 8.94. The van der Waals surface area contributed by atoms with Gasteiger partial charge in [-0.15, -0.1) is 0 Å². The van der Waals surface area contributed by atoms with Crippen LogP contribution in [0.3, 0.4) is 0 Å². The molecule has 1 heterocycles. The van der Waals surface area contributed by atoms with Crippen molar-refractivity contribution in [3.63, 3.8) is 0 Å². The smallest absolute Gasteiger partial charge is 0.229 e. The molecule has 82 valence electrons. The van der Waals surface area contributed by atoms with E-state index in [1.165, 1.54) is 0 Å². The first-order valence-corrected chi connectivity index (χ1v) is 4.92. The monoisotopic (exact) mass is 215 g/mol. The molecule has 0 aliphatic rings. The number of hydrogen-bond acceptors (Lipinski definition) is 5. The lowest BCUT2D eigenvalue weighted by atomic mass is 10.3. The summed E-state index contributed by atoms with van der Waals surface area (Å²) >= 11 is 0. The number of aromatic nitrogens is 2. The third-order valence-electron chi connectivity index (χ3n) is 2.03. The van der Waals surface area contributed by atoms with Gasteiger partial charge in [0.15, 0.2) is 0 Å². The second-order valence-corrected chi connectivity index (χ2v) is 3.35. The van der Waals surface area contributed by atoms with Crippen LogP contribution in [0.15, 0.2) is 36.4 Å². The fraction of sp³-hybridized carbons (Fsp3) is 0.0909. The van der Waals surface area contributed by atoms with E-state index in [9.17, 15) is 0 Å². The summed E-state index contributed by atoms with van der Waals surface area (Å²) < 4.78 is 0. The van der Waals surface area contributed by atoms with Gasteiger partial charge in [-0.3, -0.25) is 0 Å². The van der Waals surface area contributed by atoms with E-state index in [0.29, 0.717) is 11.8 Å².